The average molecular weight is 394 g/mol. The lowest BCUT2D eigenvalue weighted by Crippen LogP contribution is -2.47. The van der Waals surface area contributed by atoms with Gasteiger partial charge in [0.05, 0.1) is 45.1 Å². The smallest absolute Gasteiger partial charge is 0.129 e. The van der Waals surface area contributed by atoms with Crippen molar-refractivity contribution in [2.45, 2.75) is 40.0 Å². The van der Waals surface area contributed by atoms with Crippen LogP contribution in [-0.4, -0.2) is 77.4 Å². The van der Waals surface area contributed by atoms with Crippen LogP contribution in [0.2, 0.25) is 0 Å². The monoisotopic (exact) mass is 393 g/mol. The predicted molar refractivity (Wildman–Crippen MR) is 104 cm³/mol. The predicted octanol–water partition coefficient (Wildman–Crippen LogP) is -0.664. The van der Waals surface area contributed by atoms with E-state index in [1.165, 1.54) is 18.1 Å². The number of rotatable bonds is 15. The Bertz CT molecular complexity index is 399. The van der Waals surface area contributed by atoms with Gasteiger partial charge in [-0.15, -0.1) is 0 Å². The molecule has 9 heteroatoms. The van der Waals surface area contributed by atoms with Crippen LogP contribution in [0.4, 0.5) is 0 Å². The zero-order valence-corrected chi connectivity index (χ0v) is 16.9. The maximum absolute atomic E-state index is 10.9. The first-order valence-electron chi connectivity index (χ1n) is 9.30. The van der Waals surface area contributed by atoms with Crippen LogP contribution >= 0.6 is 0 Å². The molecule has 0 saturated heterocycles. The van der Waals surface area contributed by atoms with Gasteiger partial charge in [0.25, 0.3) is 0 Å². The molecule has 0 spiro atoms. The molecule has 0 fully saturated rings. The van der Waals surface area contributed by atoms with Gasteiger partial charge < -0.3 is 40.7 Å². The fraction of sp³-hybridized carbons (Fsp3) is 0.833. The zero-order valence-electron chi connectivity index (χ0n) is 16.9. The Morgan fingerprint density at radius 2 is 1.70 bits per heavy atom. The molecule has 0 atom stereocenters. The molecule has 0 aromatic carbocycles. The number of hydrogen-bond acceptors (Lipinski definition) is 9. The molecule has 0 saturated carbocycles. The summed E-state index contributed by atoms with van der Waals surface area (Å²) in [6.07, 6.45) is 3.10. The number of carbonyl (C=O) groups excluding carboxylic acids is 1. The summed E-state index contributed by atoms with van der Waals surface area (Å²) in [6, 6.07) is 0. The fourth-order valence-electron chi connectivity index (χ4n) is 2.14. The second-order valence-corrected chi connectivity index (χ2v) is 6.49. The van der Waals surface area contributed by atoms with Crippen molar-refractivity contribution in [3.05, 3.63) is 11.9 Å². The van der Waals surface area contributed by atoms with Crippen LogP contribution in [0.15, 0.2) is 11.9 Å². The molecule has 0 bridgehead atoms. The Labute approximate surface area is 162 Å². The molecule has 0 heterocycles. The van der Waals surface area contributed by atoms with Crippen LogP contribution in [0.1, 0.15) is 40.0 Å². The van der Waals surface area contributed by atoms with E-state index < -0.39 is 11.3 Å². The Morgan fingerprint density at radius 3 is 2.15 bits per heavy atom. The lowest BCUT2D eigenvalue weighted by molar-refractivity contribution is -0.117. The summed E-state index contributed by atoms with van der Waals surface area (Å²) in [6.45, 7) is 4.55. The van der Waals surface area contributed by atoms with E-state index in [4.69, 9.17) is 26.5 Å². The van der Waals surface area contributed by atoms with Crippen molar-refractivity contribution < 1.29 is 30.0 Å². The number of carbonyl (C=O) groups is 1. The molecule has 0 aromatic rings. The van der Waals surface area contributed by atoms with E-state index in [1.54, 1.807) is 0 Å². The van der Waals surface area contributed by atoms with Gasteiger partial charge in [0.1, 0.15) is 5.78 Å². The number of allylic oxidation sites excluding steroid dienone is 1. The summed E-state index contributed by atoms with van der Waals surface area (Å²) in [7, 11) is 0. The molecule has 0 radical (unpaired) electrons. The molecule has 0 rings (SSSR count). The molecular formula is C18H39N3O6. The summed E-state index contributed by atoms with van der Waals surface area (Å²) in [5, 5.41) is 38.6. The highest BCUT2D eigenvalue weighted by Gasteiger charge is 2.31. The lowest BCUT2D eigenvalue weighted by Gasteiger charge is -2.33. The van der Waals surface area contributed by atoms with E-state index in [-0.39, 0.29) is 52.0 Å². The Hall–Kier alpha value is -1.23. The maximum Gasteiger partial charge on any atom is 0.129 e. The molecule has 0 aliphatic carbocycles. The normalized spacial score (nSPS) is 12.0. The molecule has 0 amide bonds. The molecule has 9 nitrogen and oxygen atoms in total. The van der Waals surface area contributed by atoms with Crippen LogP contribution in [0.5, 0.6) is 0 Å². The van der Waals surface area contributed by atoms with Gasteiger partial charge in [0.2, 0.25) is 0 Å². The molecule has 27 heavy (non-hydrogen) atoms. The lowest BCUT2D eigenvalue weighted by atomic mass is 9.91. The van der Waals surface area contributed by atoms with Gasteiger partial charge in [-0.05, 0) is 19.8 Å². The highest BCUT2D eigenvalue weighted by atomic mass is 16.5. The van der Waals surface area contributed by atoms with Gasteiger partial charge in [-0.1, -0.05) is 13.8 Å². The molecule has 162 valence electrons. The number of ether oxygens (including phenoxy) is 1. The third-order valence-electron chi connectivity index (χ3n) is 3.79. The minimum atomic E-state index is -1.01. The summed E-state index contributed by atoms with van der Waals surface area (Å²) in [4.78, 5) is 10.9. The Morgan fingerprint density at radius 1 is 1.15 bits per heavy atom. The van der Waals surface area contributed by atoms with Crippen molar-refractivity contribution in [3.8, 4) is 0 Å². The highest BCUT2D eigenvalue weighted by molar-refractivity contribution is 5.75. The number of nitrogens with two attached hydrogens (primary N) is 2. The van der Waals surface area contributed by atoms with Gasteiger partial charge >= 0.3 is 0 Å². The maximum atomic E-state index is 10.9. The first-order chi connectivity index (χ1) is 12.8. The third-order valence-corrected chi connectivity index (χ3v) is 3.79. The summed E-state index contributed by atoms with van der Waals surface area (Å²) in [5.41, 5.74) is 5.34. The quantitative estimate of drug-likeness (QED) is 0.156. The molecule has 0 unspecified atom stereocenters. The van der Waals surface area contributed by atoms with Gasteiger partial charge in [0.15, 0.2) is 0 Å². The first-order valence-corrected chi connectivity index (χ1v) is 9.30. The Balaban J connectivity index is 0. The van der Waals surface area contributed by atoms with Crippen molar-refractivity contribution in [3.63, 3.8) is 0 Å². The van der Waals surface area contributed by atoms with Gasteiger partial charge in [-0.3, -0.25) is 0 Å². The van der Waals surface area contributed by atoms with E-state index in [2.05, 4.69) is 0 Å². The van der Waals surface area contributed by atoms with Crippen molar-refractivity contribution >= 4 is 5.78 Å². The highest BCUT2D eigenvalue weighted by Crippen LogP contribution is 2.18. The molecule has 8 N–H and O–H groups in total. The molecular weight excluding hydrogens is 354 g/mol. The van der Waals surface area contributed by atoms with Crippen LogP contribution in [0, 0.1) is 11.3 Å². The minimum Gasteiger partial charge on any atom is -0.401 e. The van der Waals surface area contributed by atoms with Crippen molar-refractivity contribution in [1.82, 2.24) is 5.01 Å². The number of nitrogens with zero attached hydrogens (tertiary/aromatic N) is 1. The van der Waals surface area contributed by atoms with Gasteiger partial charge in [-0.25, -0.2) is 5.84 Å². The zero-order chi connectivity index (χ0) is 21.3. The molecule has 0 aliphatic rings. The fourth-order valence-corrected chi connectivity index (χ4v) is 2.14. The number of hydrogen-bond donors (Lipinski definition) is 6. The minimum absolute atomic E-state index is 0.00226. The SMILES string of the molecule is CC.CC(=O)CCC/C(N)=C/N(N)CC(CO)(CO)COCC(CO)CO. The van der Waals surface area contributed by atoms with Crippen LogP contribution < -0.4 is 11.6 Å². The van der Waals surface area contributed by atoms with Crippen molar-refractivity contribution in [1.29, 1.82) is 0 Å². The van der Waals surface area contributed by atoms with Crippen LogP contribution in [0.25, 0.3) is 0 Å². The van der Waals surface area contributed by atoms with E-state index in [1.807, 2.05) is 13.8 Å². The summed E-state index contributed by atoms with van der Waals surface area (Å²) < 4.78 is 5.41. The number of ketones is 1. The van der Waals surface area contributed by atoms with Crippen molar-refractivity contribution in [2.24, 2.45) is 22.9 Å². The second kappa shape index (κ2) is 16.9. The topological polar surface area (TPSA) is 162 Å². The van der Waals surface area contributed by atoms with Crippen molar-refractivity contribution in [2.75, 3.05) is 46.2 Å². The molecule has 0 aliphatic heterocycles. The van der Waals surface area contributed by atoms with Crippen LogP contribution in [0.3, 0.4) is 0 Å². The standard InChI is InChI=1S/C16H33N3O6.C2H6/c1-13(24)3-2-4-15(17)5-19(18)9-16(10-22,11-23)12-25-8-14(6-20)7-21;1-2/h5,14,20-23H,2-4,6-12,17-18H2,1H3;1-2H3/b15-5-;. The average Bonchev–Trinajstić information content (AvgIpc) is 2.65. The Kier molecular flexibility index (Phi) is 17.5. The van der Waals surface area contributed by atoms with E-state index in [0.717, 1.165) is 0 Å². The van der Waals surface area contributed by atoms with E-state index in [0.29, 0.717) is 25.0 Å². The number of Topliss-reactive ketones (excluding diaryl/α,β-unsaturated/α-hetero) is 1. The number of aliphatic hydroxyl groups is 4. The van der Waals surface area contributed by atoms with E-state index in [9.17, 15) is 15.0 Å². The van der Waals surface area contributed by atoms with E-state index >= 15 is 0 Å². The van der Waals surface area contributed by atoms with Gasteiger partial charge in [-0.2, -0.15) is 0 Å². The second-order valence-electron chi connectivity index (χ2n) is 6.49. The number of hydrazine groups is 1. The number of aliphatic hydroxyl groups excluding tert-OH is 4. The van der Waals surface area contributed by atoms with Crippen LogP contribution in [-0.2, 0) is 9.53 Å². The van der Waals surface area contributed by atoms with Gasteiger partial charge in [0, 0.05) is 30.8 Å². The summed E-state index contributed by atoms with van der Waals surface area (Å²) >= 11 is 0. The first kappa shape index (κ1) is 28.0. The third kappa shape index (κ3) is 13.6. The summed E-state index contributed by atoms with van der Waals surface area (Å²) in [5.74, 6) is 5.56. The molecule has 0 aromatic heterocycles. The largest absolute Gasteiger partial charge is 0.401 e.